The number of benzene rings is 1. The molecule has 0 radical (unpaired) electrons. The molecule has 2 nitrogen and oxygen atoms in total. The first-order valence-electron chi connectivity index (χ1n) is 4.87. The van der Waals surface area contributed by atoms with Crippen LogP contribution in [-0.4, -0.2) is 11.3 Å². The van der Waals surface area contributed by atoms with Crippen molar-refractivity contribution in [1.82, 2.24) is 4.98 Å². The highest BCUT2D eigenvalue weighted by Crippen LogP contribution is 2.21. The van der Waals surface area contributed by atoms with Crippen LogP contribution in [0.3, 0.4) is 0 Å². The molecule has 0 unspecified atom stereocenters. The third-order valence-corrected chi connectivity index (χ3v) is 2.34. The van der Waals surface area contributed by atoms with Crippen molar-refractivity contribution in [3.05, 3.63) is 53.6 Å². The average molecular weight is 215 g/mol. The van der Waals surface area contributed by atoms with Gasteiger partial charge in [0.15, 0.2) is 6.29 Å². The SMILES string of the molecule is Cc1cncc(-c2ccc(C=O)c(F)c2)c1. The van der Waals surface area contributed by atoms with Gasteiger partial charge in [0.05, 0.1) is 5.56 Å². The third kappa shape index (κ3) is 1.98. The Balaban J connectivity index is 2.49. The molecule has 1 aromatic carbocycles. The van der Waals surface area contributed by atoms with Gasteiger partial charge in [0, 0.05) is 18.0 Å². The van der Waals surface area contributed by atoms with Crippen LogP contribution in [0.2, 0.25) is 0 Å². The highest BCUT2D eigenvalue weighted by atomic mass is 19.1. The summed E-state index contributed by atoms with van der Waals surface area (Å²) < 4.78 is 13.4. The second-order valence-corrected chi connectivity index (χ2v) is 3.61. The van der Waals surface area contributed by atoms with E-state index in [1.165, 1.54) is 12.1 Å². The van der Waals surface area contributed by atoms with Crippen molar-refractivity contribution in [3.8, 4) is 11.1 Å². The smallest absolute Gasteiger partial charge is 0.152 e. The van der Waals surface area contributed by atoms with Gasteiger partial charge in [0.25, 0.3) is 0 Å². The Morgan fingerprint density at radius 3 is 2.62 bits per heavy atom. The molecule has 0 N–H and O–H groups in total. The van der Waals surface area contributed by atoms with Gasteiger partial charge >= 0.3 is 0 Å². The van der Waals surface area contributed by atoms with Gasteiger partial charge in [-0.1, -0.05) is 6.07 Å². The molecule has 80 valence electrons. The molecule has 3 heteroatoms. The van der Waals surface area contributed by atoms with Crippen molar-refractivity contribution in [3.63, 3.8) is 0 Å². The number of carbonyl (C=O) groups excluding carboxylic acids is 1. The lowest BCUT2D eigenvalue weighted by atomic mass is 10.0. The van der Waals surface area contributed by atoms with Crippen molar-refractivity contribution in [2.75, 3.05) is 0 Å². The van der Waals surface area contributed by atoms with Crippen molar-refractivity contribution in [2.45, 2.75) is 6.92 Å². The molecule has 2 rings (SSSR count). The van der Waals surface area contributed by atoms with E-state index >= 15 is 0 Å². The molecule has 0 amide bonds. The third-order valence-electron chi connectivity index (χ3n) is 2.34. The van der Waals surface area contributed by atoms with Crippen LogP contribution in [0.25, 0.3) is 11.1 Å². The largest absolute Gasteiger partial charge is 0.298 e. The van der Waals surface area contributed by atoms with Crippen LogP contribution in [-0.2, 0) is 0 Å². The number of aryl methyl sites for hydroxylation is 1. The summed E-state index contributed by atoms with van der Waals surface area (Å²) in [4.78, 5) is 14.5. The first kappa shape index (κ1) is 10.5. The molecular weight excluding hydrogens is 205 g/mol. The number of aldehydes is 1. The molecule has 16 heavy (non-hydrogen) atoms. The van der Waals surface area contributed by atoms with Crippen LogP contribution in [0.4, 0.5) is 4.39 Å². The van der Waals surface area contributed by atoms with Gasteiger partial charge in [-0.05, 0) is 36.2 Å². The standard InChI is InChI=1S/C13H10FNO/c1-9-4-12(7-15-6-9)10-2-3-11(8-16)13(14)5-10/h2-8H,1H3. The van der Waals surface area contributed by atoms with Crippen LogP contribution in [0.15, 0.2) is 36.7 Å². The van der Waals surface area contributed by atoms with Gasteiger partial charge in [-0.25, -0.2) is 4.39 Å². The predicted molar refractivity (Wildman–Crippen MR) is 59.8 cm³/mol. The van der Waals surface area contributed by atoms with Gasteiger partial charge in [-0.15, -0.1) is 0 Å². The summed E-state index contributed by atoms with van der Waals surface area (Å²) in [5.74, 6) is -0.506. The molecule has 1 heterocycles. The zero-order chi connectivity index (χ0) is 11.5. The predicted octanol–water partition coefficient (Wildman–Crippen LogP) is 3.01. The fourth-order valence-electron chi connectivity index (χ4n) is 1.52. The van der Waals surface area contributed by atoms with Crippen LogP contribution >= 0.6 is 0 Å². The topological polar surface area (TPSA) is 30.0 Å². The molecule has 0 aliphatic carbocycles. The summed E-state index contributed by atoms with van der Waals surface area (Å²) in [6.07, 6.45) is 3.91. The maximum absolute atomic E-state index is 13.4. The fourth-order valence-corrected chi connectivity index (χ4v) is 1.52. The Labute approximate surface area is 92.8 Å². The van der Waals surface area contributed by atoms with Crippen LogP contribution < -0.4 is 0 Å². The minimum atomic E-state index is -0.506. The molecular formula is C13H10FNO. The van der Waals surface area contributed by atoms with Gasteiger partial charge in [0.1, 0.15) is 5.82 Å². The summed E-state index contributed by atoms with van der Waals surface area (Å²) in [5, 5.41) is 0. The second kappa shape index (κ2) is 4.23. The molecule has 1 aromatic heterocycles. The maximum Gasteiger partial charge on any atom is 0.152 e. The van der Waals surface area contributed by atoms with E-state index in [4.69, 9.17) is 0 Å². The number of halogens is 1. The van der Waals surface area contributed by atoms with Gasteiger partial charge in [-0.3, -0.25) is 9.78 Å². The average Bonchev–Trinajstić information content (AvgIpc) is 2.29. The number of rotatable bonds is 2. The first-order chi connectivity index (χ1) is 7.70. The Kier molecular flexibility index (Phi) is 2.77. The summed E-state index contributed by atoms with van der Waals surface area (Å²) in [5.41, 5.74) is 2.65. The maximum atomic E-state index is 13.4. The zero-order valence-electron chi connectivity index (χ0n) is 8.77. The summed E-state index contributed by atoms with van der Waals surface area (Å²) in [6, 6.07) is 6.45. The highest BCUT2D eigenvalue weighted by Gasteiger charge is 2.04. The van der Waals surface area contributed by atoms with Crippen LogP contribution in [0, 0.1) is 12.7 Å². The van der Waals surface area contributed by atoms with E-state index in [0.29, 0.717) is 6.29 Å². The van der Waals surface area contributed by atoms with Crippen LogP contribution in [0.1, 0.15) is 15.9 Å². The molecule has 0 fully saturated rings. The zero-order valence-corrected chi connectivity index (χ0v) is 8.77. The van der Waals surface area contributed by atoms with E-state index in [1.54, 1.807) is 18.5 Å². The highest BCUT2D eigenvalue weighted by molar-refractivity contribution is 5.77. The minimum Gasteiger partial charge on any atom is -0.298 e. The normalized spacial score (nSPS) is 10.1. The molecule has 0 aliphatic rings. The molecule has 2 aromatic rings. The summed E-state index contributed by atoms with van der Waals surface area (Å²) in [7, 11) is 0. The first-order valence-corrected chi connectivity index (χ1v) is 4.87. The molecule has 0 bridgehead atoms. The molecule has 0 saturated heterocycles. The van der Waals surface area contributed by atoms with Gasteiger partial charge in [0.2, 0.25) is 0 Å². The van der Waals surface area contributed by atoms with E-state index < -0.39 is 5.82 Å². The number of nitrogens with zero attached hydrogens (tertiary/aromatic N) is 1. The lowest BCUT2D eigenvalue weighted by molar-refractivity contribution is 0.112. The lowest BCUT2D eigenvalue weighted by Gasteiger charge is -2.03. The Morgan fingerprint density at radius 2 is 2.00 bits per heavy atom. The monoisotopic (exact) mass is 215 g/mol. The number of pyridine rings is 1. The molecule has 0 spiro atoms. The van der Waals surface area contributed by atoms with Crippen molar-refractivity contribution in [1.29, 1.82) is 0 Å². The number of aromatic nitrogens is 1. The van der Waals surface area contributed by atoms with E-state index in [9.17, 15) is 9.18 Å². The molecule has 0 saturated carbocycles. The number of hydrogen-bond acceptors (Lipinski definition) is 2. The van der Waals surface area contributed by atoms with E-state index in [0.717, 1.165) is 16.7 Å². The van der Waals surface area contributed by atoms with E-state index in [1.807, 2.05) is 13.0 Å². The lowest BCUT2D eigenvalue weighted by Crippen LogP contribution is -1.89. The van der Waals surface area contributed by atoms with Gasteiger partial charge in [-0.2, -0.15) is 0 Å². The fraction of sp³-hybridized carbons (Fsp3) is 0.0769. The summed E-state index contributed by atoms with van der Waals surface area (Å²) >= 11 is 0. The quantitative estimate of drug-likeness (QED) is 0.721. The number of carbonyl (C=O) groups is 1. The van der Waals surface area contributed by atoms with E-state index in [-0.39, 0.29) is 5.56 Å². The second-order valence-electron chi connectivity index (χ2n) is 3.61. The molecule has 0 atom stereocenters. The molecule has 0 aliphatic heterocycles. The summed E-state index contributed by atoms with van der Waals surface area (Å²) in [6.45, 7) is 1.92. The Bertz CT molecular complexity index is 537. The number of hydrogen-bond donors (Lipinski definition) is 0. The Hall–Kier alpha value is -2.03. The van der Waals surface area contributed by atoms with Crippen LogP contribution in [0.5, 0.6) is 0 Å². The minimum absolute atomic E-state index is 0.0735. The van der Waals surface area contributed by atoms with E-state index in [2.05, 4.69) is 4.98 Å². The Morgan fingerprint density at radius 1 is 1.19 bits per heavy atom. The van der Waals surface area contributed by atoms with Gasteiger partial charge < -0.3 is 0 Å². The van der Waals surface area contributed by atoms with Crippen molar-refractivity contribution >= 4 is 6.29 Å². The van der Waals surface area contributed by atoms with Crippen molar-refractivity contribution < 1.29 is 9.18 Å². The van der Waals surface area contributed by atoms with Crippen molar-refractivity contribution in [2.24, 2.45) is 0 Å².